The lowest BCUT2D eigenvalue weighted by Crippen LogP contribution is -2.22. The monoisotopic (exact) mass is 261 g/mol. The molecule has 0 aliphatic rings. The number of rotatable bonds is 8. The standard InChI is InChI=1S/C18H31N/c1-6-10-19-18(9-7-8-14(2)3)17-12-15(4)11-16(5)13-17/h11-14,18-19H,6-10H2,1-5H3. The smallest absolute Gasteiger partial charge is 0.0320 e. The van der Waals surface area contributed by atoms with Gasteiger partial charge in [0.15, 0.2) is 0 Å². The Morgan fingerprint density at radius 3 is 2.16 bits per heavy atom. The van der Waals surface area contributed by atoms with Crippen molar-refractivity contribution >= 4 is 0 Å². The highest BCUT2D eigenvalue weighted by Crippen LogP contribution is 2.23. The van der Waals surface area contributed by atoms with Gasteiger partial charge in [0.1, 0.15) is 0 Å². The van der Waals surface area contributed by atoms with Crippen LogP contribution in [0.1, 0.15) is 69.2 Å². The molecule has 1 aromatic carbocycles. The number of hydrogen-bond acceptors (Lipinski definition) is 1. The molecule has 0 aliphatic carbocycles. The first-order chi connectivity index (χ1) is 9.02. The van der Waals surface area contributed by atoms with E-state index in [1.807, 2.05) is 0 Å². The Morgan fingerprint density at radius 1 is 1.00 bits per heavy atom. The molecule has 0 saturated heterocycles. The van der Waals surface area contributed by atoms with Crippen LogP contribution in [0.4, 0.5) is 0 Å². The third kappa shape index (κ3) is 6.24. The first-order valence-corrected chi connectivity index (χ1v) is 7.84. The van der Waals surface area contributed by atoms with Crippen molar-refractivity contribution in [1.29, 1.82) is 0 Å². The SMILES string of the molecule is CCCNC(CCCC(C)C)c1cc(C)cc(C)c1. The van der Waals surface area contributed by atoms with Crippen LogP contribution in [0.5, 0.6) is 0 Å². The Morgan fingerprint density at radius 2 is 1.63 bits per heavy atom. The van der Waals surface area contributed by atoms with Crippen LogP contribution in [0, 0.1) is 19.8 Å². The molecule has 0 saturated carbocycles. The summed E-state index contributed by atoms with van der Waals surface area (Å²) >= 11 is 0. The van der Waals surface area contributed by atoms with Crippen molar-refractivity contribution in [1.82, 2.24) is 5.32 Å². The van der Waals surface area contributed by atoms with Gasteiger partial charge in [-0.1, -0.05) is 62.9 Å². The van der Waals surface area contributed by atoms with Gasteiger partial charge in [-0.15, -0.1) is 0 Å². The average molecular weight is 261 g/mol. The van der Waals surface area contributed by atoms with Crippen LogP contribution < -0.4 is 5.32 Å². The fourth-order valence-electron chi connectivity index (χ4n) is 2.65. The average Bonchev–Trinajstić information content (AvgIpc) is 2.31. The zero-order chi connectivity index (χ0) is 14.3. The summed E-state index contributed by atoms with van der Waals surface area (Å²) in [6.07, 6.45) is 5.09. The third-order valence-corrected chi connectivity index (χ3v) is 3.56. The van der Waals surface area contributed by atoms with Gasteiger partial charge in [-0.2, -0.15) is 0 Å². The number of benzene rings is 1. The van der Waals surface area contributed by atoms with Gasteiger partial charge >= 0.3 is 0 Å². The van der Waals surface area contributed by atoms with E-state index in [-0.39, 0.29) is 0 Å². The maximum absolute atomic E-state index is 3.71. The van der Waals surface area contributed by atoms with Crippen LogP contribution >= 0.6 is 0 Å². The van der Waals surface area contributed by atoms with Gasteiger partial charge in [-0.05, 0) is 44.7 Å². The van der Waals surface area contributed by atoms with E-state index in [1.165, 1.54) is 42.4 Å². The topological polar surface area (TPSA) is 12.0 Å². The second kappa shape index (κ2) is 8.37. The number of nitrogens with one attached hydrogen (secondary N) is 1. The van der Waals surface area contributed by atoms with Crippen molar-refractivity contribution in [2.75, 3.05) is 6.54 Å². The minimum absolute atomic E-state index is 0.525. The van der Waals surface area contributed by atoms with Crippen molar-refractivity contribution in [3.63, 3.8) is 0 Å². The van der Waals surface area contributed by atoms with E-state index in [2.05, 4.69) is 58.1 Å². The largest absolute Gasteiger partial charge is 0.310 e. The van der Waals surface area contributed by atoms with Crippen LogP contribution in [0.25, 0.3) is 0 Å². The Kier molecular flexibility index (Phi) is 7.15. The van der Waals surface area contributed by atoms with E-state index < -0.39 is 0 Å². The van der Waals surface area contributed by atoms with Gasteiger partial charge in [0.2, 0.25) is 0 Å². The summed E-state index contributed by atoms with van der Waals surface area (Å²) in [5, 5.41) is 3.71. The van der Waals surface area contributed by atoms with Crippen LogP contribution in [0.15, 0.2) is 18.2 Å². The fourth-order valence-corrected chi connectivity index (χ4v) is 2.65. The van der Waals surface area contributed by atoms with Crippen molar-refractivity contribution in [2.45, 2.75) is 66.3 Å². The third-order valence-electron chi connectivity index (χ3n) is 3.56. The van der Waals surface area contributed by atoms with Crippen LogP contribution in [-0.2, 0) is 0 Å². The van der Waals surface area contributed by atoms with Gasteiger partial charge in [-0.25, -0.2) is 0 Å². The highest BCUT2D eigenvalue weighted by Gasteiger charge is 2.11. The lowest BCUT2D eigenvalue weighted by molar-refractivity contribution is 0.447. The maximum Gasteiger partial charge on any atom is 0.0320 e. The predicted octanol–water partition coefficient (Wildman–Crippen LogP) is 5.17. The molecule has 0 fully saturated rings. The Balaban J connectivity index is 2.71. The molecule has 1 N–H and O–H groups in total. The summed E-state index contributed by atoms with van der Waals surface area (Å²) in [6.45, 7) is 12.4. The van der Waals surface area contributed by atoms with Crippen molar-refractivity contribution in [3.05, 3.63) is 34.9 Å². The summed E-state index contributed by atoms with van der Waals surface area (Å²) in [6, 6.07) is 7.47. The first kappa shape index (κ1) is 16.2. The molecule has 0 radical (unpaired) electrons. The van der Waals surface area contributed by atoms with E-state index in [4.69, 9.17) is 0 Å². The molecular weight excluding hydrogens is 230 g/mol. The number of hydrogen-bond donors (Lipinski definition) is 1. The second-order valence-corrected chi connectivity index (χ2v) is 6.25. The van der Waals surface area contributed by atoms with Gasteiger partial charge in [0.05, 0.1) is 0 Å². The predicted molar refractivity (Wildman–Crippen MR) is 85.6 cm³/mol. The lowest BCUT2D eigenvalue weighted by Gasteiger charge is -2.20. The Bertz CT molecular complexity index is 348. The highest BCUT2D eigenvalue weighted by molar-refractivity contribution is 5.30. The van der Waals surface area contributed by atoms with Gasteiger partial charge in [0.25, 0.3) is 0 Å². The minimum Gasteiger partial charge on any atom is -0.310 e. The molecule has 0 aromatic heterocycles. The molecule has 1 aromatic rings. The molecule has 1 atom stereocenters. The molecule has 19 heavy (non-hydrogen) atoms. The molecule has 1 rings (SSSR count). The van der Waals surface area contributed by atoms with E-state index in [0.29, 0.717) is 6.04 Å². The summed E-state index contributed by atoms with van der Waals surface area (Å²) in [5.74, 6) is 0.811. The highest BCUT2D eigenvalue weighted by atomic mass is 14.9. The fraction of sp³-hybridized carbons (Fsp3) is 0.667. The summed E-state index contributed by atoms with van der Waals surface area (Å²) in [4.78, 5) is 0. The van der Waals surface area contributed by atoms with E-state index in [1.54, 1.807) is 0 Å². The quantitative estimate of drug-likeness (QED) is 0.680. The molecule has 1 heteroatoms. The molecule has 108 valence electrons. The normalized spacial score (nSPS) is 12.9. The summed E-state index contributed by atoms with van der Waals surface area (Å²) < 4.78 is 0. The molecule has 0 bridgehead atoms. The van der Waals surface area contributed by atoms with E-state index in [0.717, 1.165) is 12.5 Å². The summed E-state index contributed by atoms with van der Waals surface area (Å²) in [5.41, 5.74) is 4.22. The van der Waals surface area contributed by atoms with Gasteiger partial charge < -0.3 is 5.32 Å². The first-order valence-electron chi connectivity index (χ1n) is 7.84. The lowest BCUT2D eigenvalue weighted by atomic mass is 9.95. The van der Waals surface area contributed by atoms with Gasteiger partial charge in [-0.3, -0.25) is 0 Å². The zero-order valence-corrected chi connectivity index (χ0v) is 13.4. The van der Waals surface area contributed by atoms with Crippen LogP contribution in [0.2, 0.25) is 0 Å². The van der Waals surface area contributed by atoms with Crippen LogP contribution in [-0.4, -0.2) is 6.54 Å². The molecule has 0 amide bonds. The zero-order valence-electron chi connectivity index (χ0n) is 13.4. The molecule has 0 spiro atoms. The number of aryl methyl sites for hydroxylation is 2. The van der Waals surface area contributed by atoms with Crippen molar-refractivity contribution < 1.29 is 0 Å². The van der Waals surface area contributed by atoms with E-state index >= 15 is 0 Å². The molecule has 1 nitrogen and oxygen atoms in total. The molecular formula is C18H31N. The summed E-state index contributed by atoms with van der Waals surface area (Å²) in [7, 11) is 0. The minimum atomic E-state index is 0.525. The maximum atomic E-state index is 3.71. The second-order valence-electron chi connectivity index (χ2n) is 6.25. The Labute approximate surface area is 119 Å². The Hall–Kier alpha value is -0.820. The van der Waals surface area contributed by atoms with Crippen molar-refractivity contribution in [2.24, 2.45) is 5.92 Å². The van der Waals surface area contributed by atoms with Crippen LogP contribution in [0.3, 0.4) is 0 Å². The molecule has 1 unspecified atom stereocenters. The van der Waals surface area contributed by atoms with Gasteiger partial charge in [0, 0.05) is 6.04 Å². The van der Waals surface area contributed by atoms with E-state index in [9.17, 15) is 0 Å². The molecule has 0 heterocycles. The van der Waals surface area contributed by atoms with Crippen molar-refractivity contribution in [3.8, 4) is 0 Å². The molecule has 0 aliphatic heterocycles.